The van der Waals surface area contributed by atoms with E-state index in [9.17, 15) is 24.0 Å². The molecular formula is C27H32N6O6. The molecule has 0 aromatic carbocycles. The average Bonchev–Trinajstić information content (AvgIpc) is 3.65. The number of rotatable bonds is 10. The van der Waals surface area contributed by atoms with Gasteiger partial charge in [0.15, 0.2) is 0 Å². The number of anilines is 1. The number of amides is 3. The van der Waals surface area contributed by atoms with Crippen LogP contribution in [0, 0.1) is 11.8 Å². The number of methoxy groups -OCH3 is 1. The fraction of sp³-hybridized carbons (Fsp3) is 0.407. The fourth-order valence-corrected chi connectivity index (χ4v) is 5.16. The number of fused-ring (bicyclic) bond motifs is 2. The molecule has 2 aliphatic rings. The van der Waals surface area contributed by atoms with Gasteiger partial charge in [-0.15, -0.1) is 0 Å². The molecule has 2 saturated carbocycles. The Kier molecular flexibility index (Phi) is 8.74. The Morgan fingerprint density at radius 3 is 2.69 bits per heavy atom. The quantitative estimate of drug-likeness (QED) is 0.305. The Hall–Kier alpha value is -4.48. The molecule has 2 aromatic rings. The van der Waals surface area contributed by atoms with Gasteiger partial charge in [0.2, 0.25) is 5.91 Å². The van der Waals surface area contributed by atoms with Crippen LogP contribution in [-0.4, -0.2) is 51.0 Å². The number of hydrogen-bond acceptors (Lipinski definition) is 7. The zero-order chi connectivity index (χ0) is 27.9. The van der Waals surface area contributed by atoms with Crippen LogP contribution in [0.3, 0.4) is 0 Å². The number of aromatic nitrogens is 3. The molecular weight excluding hydrogens is 504 g/mol. The first-order chi connectivity index (χ1) is 18.7. The van der Waals surface area contributed by atoms with Crippen molar-refractivity contribution < 1.29 is 23.9 Å². The molecule has 2 aliphatic carbocycles. The van der Waals surface area contributed by atoms with Crippen molar-refractivity contribution in [2.75, 3.05) is 12.4 Å². The number of allylic oxidation sites excluding steroid dienone is 2. The maximum absolute atomic E-state index is 13.1. The van der Waals surface area contributed by atoms with E-state index >= 15 is 0 Å². The van der Waals surface area contributed by atoms with E-state index in [1.807, 2.05) is 0 Å². The molecule has 3 amide bonds. The van der Waals surface area contributed by atoms with E-state index in [-0.39, 0.29) is 42.0 Å². The third kappa shape index (κ3) is 6.89. The number of carbonyl (C=O) groups excluding carboxylic acids is 4. The summed E-state index contributed by atoms with van der Waals surface area (Å²) in [6, 6.07) is 3.12. The van der Waals surface area contributed by atoms with Gasteiger partial charge in [-0.3, -0.25) is 19.2 Å². The van der Waals surface area contributed by atoms with Crippen molar-refractivity contribution in [2.45, 2.75) is 44.7 Å². The Morgan fingerprint density at radius 2 is 2.03 bits per heavy atom. The Morgan fingerprint density at radius 1 is 1.21 bits per heavy atom. The molecule has 2 unspecified atom stereocenters. The van der Waals surface area contributed by atoms with E-state index in [1.165, 1.54) is 65.7 Å². The van der Waals surface area contributed by atoms with E-state index in [2.05, 4.69) is 25.7 Å². The smallest absolute Gasteiger partial charge is 0.330 e. The highest BCUT2D eigenvalue weighted by Gasteiger charge is 2.40. The third-order valence-corrected chi connectivity index (χ3v) is 7.12. The molecule has 2 fully saturated rings. The number of nitrogens with one attached hydrogen (secondary N) is 3. The van der Waals surface area contributed by atoms with Crippen molar-refractivity contribution in [3.63, 3.8) is 0 Å². The Bertz CT molecular complexity index is 1370. The summed E-state index contributed by atoms with van der Waals surface area (Å²) in [5.74, 6) is -0.967. The van der Waals surface area contributed by atoms with Crippen molar-refractivity contribution in [3.8, 4) is 0 Å². The molecule has 0 spiro atoms. The summed E-state index contributed by atoms with van der Waals surface area (Å²) in [6.07, 6.45) is 12.9. The highest BCUT2D eigenvalue weighted by molar-refractivity contribution is 6.07. The molecule has 2 heterocycles. The van der Waals surface area contributed by atoms with Crippen LogP contribution in [0.1, 0.15) is 42.6 Å². The van der Waals surface area contributed by atoms with Gasteiger partial charge >= 0.3 is 5.97 Å². The van der Waals surface area contributed by atoms with Gasteiger partial charge in [0.05, 0.1) is 19.6 Å². The van der Waals surface area contributed by atoms with Crippen molar-refractivity contribution in [2.24, 2.45) is 18.9 Å². The highest BCUT2D eigenvalue weighted by Crippen LogP contribution is 2.44. The van der Waals surface area contributed by atoms with E-state index in [4.69, 9.17) is 0 Å². The molecule has 12 heteroatoms. The number of nitrogens with zero attached hydrogens (tertiary/aromatic N) is 3. The van der Waals surface area contributed by atoms with Gasteiger partial charge < -0.3 is 29.8 Å². The minimum absolute atomic E-state index is 0.0546. The van der Waals surface area contributed by atoms with Crippen LogP contribution in [0.2, 0.25) is 0 Å². The van der Waals surface area contributed by atoms with Gasteiger partial charge in [-0.05, 0) is 49.7 Å². The zero-order valence-corrected chi connectivity index (χ0v) is 21.9. The molecule has 0 saturated heterocycles. The molecule has 3 N–H and O–H groups in total. The monoisotopic (exact) mass is 536 g/mol. The van der Waals surface area contributed by atoms with Crippen LogP contribution in [0.15, 0.2) is 59.6 Å². The summed E-state index contributed by atoms with van der Waals surface area (Å²) in [4.78, 5) is 66.7. The average molecular weight is 537 g/mol. The number of ether oxygens (including phenoxy) is 1. The maximum atomic E-state index is 13.1. The van der Waals surface area contributed by atoms with Crippen molar-refractivity contribution in [3.05, 3.63) is 70.8 Å². The van der Waals surface area contributed by atoms with E-state index in [1.54, 1.807) is 13.1 Å². The van der Waals surface area contributed by atoms with Crippen LogP contribution in [0.25, 0.3) is 0 Å². The van der Waals surface area contributed by atoms with Crippen LogP contribution in [0.4, 0.5) is 5.69 Å². The first-order valence-corrected chi connectivity index (χ1v) is 12.8. The molecule has 0 aliphatic heterocycles. The Balaban J connectivity index is 1.45. The van der Waals surface area contributed by atoms with Crippen molar-refractivity contribution in [1.29, 1.82) is 0 Å². The minimum Gasteiger partial charge on any atom is -0.466 e. The largest absolute Gasteiger partial charge is 0.466 e. The van der Waals surface area contributed by atoms with Crippen LogP contribution < -0.4 is 21.5 Å². The lowest BCUT2D eigenvalue weighted by Gasteiger charge is -2.23. The molecule has 4 rings (SSSR count). The van der Waals surface area contributed by atoms with E-state index < -0.39 is 23.3 Å². The van der Waals surface area contributed by atoms with Gasteiger partial charge in [-0.2, -0.15) is 0 Å². The number of aryl methyl sites for hydroxylation is 1. The lowest BCUT2D eigenvalue weighted by molar-refractivity contribution is -0.134. The normalized spacial score (nSPS) is 20.2. The number of hydrogen-bond donors (Lipinski definition) is 3. The number of esters is 1. The molecule has 2 aromatic heterocycles. The molecule has 39 heavy (non-hydrogen) atoms. The summed E-state index contributed by atoms with van der Waals surface area (Å²) >= 11 is 0. The molecule has 3 atom stereocenters. The van der Waals surface area contributed by atoms with E-state index in [0.29, 0.717) is 11.8 Å². The SMILES string of the molecule is COC(=O)/C=C/C/C=C(/NC(=O)c1cncn1C)C(=O)Nc1cccn(CC(=O)N[C@@H]2CC3CCC2C3)c1=O. The second-order valence-corrected chi connectivity index (χ2v) is 9.78. The van der Waals surface area contributed by atoms with Gasteiger partial charge in [0, 0.05) is 25.4 Å². The van der Waals surface area contributed by atoms with Gasteiger partial charge in [-0.25, -0.2) is 9.78 Å². The fourth-order valence-electron chi connectivity index (χ4n) is 5.16. The third-order valence-electron chi connectivity index (χ3n) is 7.12. The van der Waals surface area contributed by atoms with Gasteiger partial charge in [0.1, 0.15) is 23.6 Å². The summed E-state index contributed by atoms with van der Waals surface area (Å²) < 4.78 is 7.26. The van der Waals surface area contributed by atoms with Crippen LogP contribution in [0.5, 0.6) is 0 Å². The summed E-state index contributed by atoms with van der Waals surface area (Å²) in [5.41, 5.74) is -0.542. The van der Waals surface area contributed by atoms with Gasteiger partial charge in [0.25, 0.3) is 17.4 Å². The number of carbonyl (C=O) groups is 4. The summed E-state index contributed by atoms with van der Waals surface area (Å²) in [6.45, 7) is -0.172. The van der Waals surface area contributed by atoms with Crippen LogP contribution in [-0.2, 0) is 32.7 Å². The van der Waals surface area contributed by atoms with E-state index in [0.717, 1.165) is 19.3 Å². The molecule has 0 radical (unpaired) electrons. The predicted molar refractivity (Wildman–Crippen MR) is 141 cm³/mol. The highest BCUT2D eigenvalue weighted by atomic mass is 16.5. The first kappa shape index (κ1) is 27.6. The first-order valence-electron chi connectivity index (χ1n) is 12.8. The topological polar surface area (TPSA) is 153 Å². The van der Waals surface area contributed by atoms with Gasteiger partial charge in [-0.1, -0.05) is 18.6 Å². The predicted octanol–water partition coefficient (Wildman–Crippen LogP) is 1.26. The summed E-state index contributed by atoms with van der Waals surface area (Å²) in [7, 11) is 2.87. The maximum Gasteiger partial charge on any atom is 0.330 e. The second-order valence-electron chi connectivity index (χ2n) is 9.78. The lowest BCUT2D eigenvalue weighted by atomic mass is 9.95. The number of pyridine rings is 1. The zero-order valence-electron chi connectivity index (χ0n) is 21.9. The number of imidazole rings is 1. The standard InChI is InChI=1S/C27H32N6O6/c1-32-16-28-14-22(32)26(37)30-19(6-3-4-8-24(35)39-2)25(36)31-20-7-5-11-33(27(20)38)15-23(34)29-21-13-17-9-10-18(21)12-17/h4-8,11,14,16-18,21H,3,9-10,12-13,15H2,1-2H3,(H,29,34)(H,30,37)(H,31,36)/b8-4+,19-6+/t17?,18?,21-/m1/s1. The second kappa shape index (κ2) is 12.4. The Labute approximate surface area is 225 Å². The molecule has 206 valence electrons. The molecule has 12 nitrogen and oxygen atoms in total. The van der Waals surface area contributed by atoms with Crippen LogP contribution >= 0.6 is 0 Å². The minimum atomic E-state index is -0.752. The lowest BCUT2D eigenvalue weighted by Crippen LogP contribution is -2.41. The summed E-state index contributed by atoms with van der Waals surface area (Å²) in [5, 5.41) is 8.10. The van der Waals surface area contributed by atoms with Crippen molar-refractivity contribution in [1.82, 2.24) is 24.8 Å². The van der Waals surface area contributed by atoms with Crippen molar-refractivity contribution >= 4 is 29.4 Å². The molecule has 2 bridgehead atoms.